The van der Waals surface area contributed by atoms with E-state index >= 15 is 0 Å². The van der Waals surface area contributed by atoms with Gasteiger partial charge in [0, 0.05) is 37.6 Å². The Balaban J connectivity index is 1.40. The smallest absolute Gasteiger partial charge is 0.258 e. The number of rotatable bonds is 9. The monoisotopic (exact) mass is 422 g/mol. The zero-order valence-electron chi connectivity index (χ0n) is 17.5. The van der Waals surface area contributed by atoms with Gasteiger partial charge in [-0.05, 0) is 49.4 Å². The summed E-state index contributed by atoms with van der Waals surface area (Å²) in [6.45, 7) is 4.22. The van der Waals surface area contributed by atoms with Crippen molar-refractivity contribution in [3.63, 3.8) is 0 Å². The van der Waals surface area contributed by atoms with E-state index in [1.807, 2.05) is 25.1 Å². The van der Waals surface area contributed by atoms with Gasteiger partial charge in [-0.15, -0.1) is 0 Å². The lowest BCUT2D eigenvalue weighted by molar-refractivity contribution is -0.123. The number of carbonyl (C=O) groups excluding carboxylic acids is 1. The molecular formula is C23H26N4O4. The van der Waals surface area contributed by atoms with Crippen LogP contribution in [-0.2, 0) is 21.0 Å². The maximum Gasteiger partial charge on any atom is 0.258 e. The highest BCUT2D eigenvalue weighted by molar-refractivity contribution is 5.98. The van der Waals surface area contributed by atoms with Gasteiger partial charge in [-0.2, -0.15) is 5.26 Å². The van der Waals surface area contributed by atoms with Crippen LogP contribution in [0.1, 0.15) is 36.5 Å². The third-order valence-electron chi connectivity index (χ3n) is 4.95. The fraction of sp³-hybridized carbons (Fsp3) is 0.391. The van der Waals surface area contributed by atoms with E-state index in [0.717, 1.165) is 37.2 Å². The van der Waals surface area contributed by atoms with Crippen LogP contribution in [0.5, 0.6) is 5.88 Å². The molecule has 0 atom stereocenters. The molecule has 1 amide bonds. The fourth-order valence-electron chi connectivity index (χ4n) is 3.01. The summed E-state index contributed by atoms with van der Waals surface area (Å²) in [6.07, 6.45) is 3.57. The first-order valence-corrected chi connectivity index (χ1v) is 10.2. The van der Waals surface area contributed by atoms with Gasteiger partial charge in [0.25, 0.3) is 5.91 Å². The Morgan fingerprint density at radius 2 is 2.03 bits per heavy atom. The standard InChI is InChI=1S/C23H26N4O4/c1-17(27-31-15-20-4-2-18(12-24)3-5-20)21-6-7-23(26-14-21)30-16-22(28)25-13-19-8-10-29-11-9-19/h2-7,14,19H,8-11,13,15-16H2,1H3,(H,25,28). The van der Waals surface area contributed by atoms with Crippen molar-refractivity contribution in [3.8, 4) is 11.9 Å². The van der Waals surface area contributed by atoms with Crippen molar-refractivity contribution >= 4 is 11.6 Å². The van der Waals surface area contributed by atoms with E-state index in [1.165, 1.54) is 0 Å². The van der Waals surface area contributed by atoms with Crippen LogP contribution in [0.15, 0.2) is 47.8 Å². The zero-order chi connectivity index (χ0) is 21.9. The summed E-state index contributed by atoms with van der Waals surface area (Å²) >= 11 is 0. The summed E-state index contributed by atoms with van der Waals surface area (Å²) in [7, 11) is 0. The second kappa shape index (κ2) is 11.7. The molecule has 1 saturated heterocycles. The molecule has 1 N–H and O–H groups in total. The molecule has 0 radical (unpaired) electrons. The van der Waals surface area contributed by atoms with Gasteiger partial charge in [0.15, 0.2) is 6.61 Å². The third kappa shape index (κ3) is 7.39. The summed E-state index contributed by atoms with van der Waals surface area (Å²) in [5.41, 5.74) is 2.99. The Bertz CT molecular complexity index is 914. The zero-order valence-corrected chi connectivity index (χ0v) is 17.5. The molecule has 0 saturated carbocycles. The summed E-state index contributed by atoms with van der Waals surface area (Å²) < 4.78 is 10.8. The van der Waals surface area contributed by atoms with Crippen molar-refractivity contribution in [1.29, 1.82) is 5.26 Å². The third-order valence-corrected chi connectivity index (χ3v) is 4.95. The second-order valence-electron chi connectivity index (χ2n) is 7.29. The maximum atomic E-state index is 12.0. The van der Waals surface area contributed by atoms with E-state index in [-0.39, 0.29) is 12.5 Å². The van der Waals surface area contributed by atoms with E-state index < -0.39 is 0 Å². The van der Waals surface area contributed by atoms with Crippen molar-refractivity contribution in [2.24, 2.45) is 11.1 Å². The van der Waals surface area contributed by atoms with Crippen LogP contribution < -0.4 is 10.1 Å². The van der Waals surface area contributed by atoms with E-state index in [4.69, 9.17) is 19.6 Å². The Morgan fingerprint density at radius 3 is 2.71 bits per heavy atom. The van der Waals surface area contributed by atoms with Gasteiger partial charge < -0.3 is 19.6 Å². The van der Waals surface area contributed by atoms with Gasteiger partial charge >= 0.3 is 0 Å². The minimum absolute atomic E-state index is 0.0731. The summed E-state index contributed by atoms with van der Waals surface area (Å²) in [5, 5.41) is 15.8. The number of nitrogens with one attached hydrogen (secondary N) is 1. The van der Waals surface area contributed by atoms with Crippen LogP contribution in [0.2, 0.25) is 0 Å². The lowest BCUT2D eigenvalue weighted by Gasteiger charge is -2.22. The molecule has 1 aromatic carbocycles. The molecule has 8 nitrogen and oxygen atoms in total. The number of pyridine rings is 1. The van der Waals surface area contributed by atoms with Crippen molar-refractivity contribution in [3.05, 3.63) is 59.3 Å². The molecule has 1 aromatic heterocycles. The highest BCUT2D eigenvalue weighted by Crippen LogP contribution is 2.13. The normalized spacial score (nSPS) is 14.5. The highest BCUT2D eigenvalue weighted by Gasteiger charge is 2.14. The van der Waals surface area contributed by atoms with Crippen molar-refractivity contribution < 1.29 is 19.1 Å². The van der Waals surface area contributed by atoms with E-state index in [0.29, 0.717) is 36.2 Å². The minimum Gasteiger partial charge on any atom is -0.468 e. The number of aromatic nitrogens is 1. The summed E-state index contributed by atoms with van der Waals surface area (Å²) in [6, 6.07) is 12.7. The lowest BCUT2D eigenvalue weighted by Crippen LogP contribution is -2.35. The SMILES string of the molecule is CC(=NOCc1ccc(C#N)cc1)c1ccc(OCC(=O)NCC2CCOCC2)nc1. The number of ether oxygens (including phenoxy) is 2. The van der Waals surface area contributed by atoms with Crippen molar-refractivity contribution in [1.82, 2.24) is 10.3 Å². The van der Waals surface area contributed by atoms with Gasteiger partial charge in [-0.3, -0.25) is 4.79 Å². The number of hydrogen-bond acceptors (Lipinski definition) is 7. The molecule has 3 rings (SSSR count). The molecule has 0 bridgehead atoms. The Kier molecular flexibility index (Phi) is 8.38. The maximum absolute atomic E-state index is 12.0. The van der Waals surface area contributed by atoms with Crippen LogP contribution in [0.25, 0.3) is 0 Å². The van der Waals surface area contributed by atoms with Gasteiger partial charge in [0.2, 0.25) is 5.88 Å². The topological polar surface area (TPSA) is 106 Å². The molecule has 31 heavy (non-hydrogen) atoms. The van der Waals surface area contributed by atoms with Crippen molar-refractivity contribution in [2.75, 3.05) is 26.4 Å². The number of carbonyl (C=O) groups is 1. The average Bonchev–Trinajstić information content (AvgIpc) is 2.82. The summed E-state index contributed by atoms with van der Waals surface area (Å²) in [4.78, 5) is 21.6. The second-order valence-corrected chi connectivity index (χ2v) is 7.29. The molecular weight excluding hydrogens is 396 g/mol. The Labute approximate surface area is 181 Å². The Morgan fingerprint density at radius 1 is 1.26 bits per heavy atom. The van der Waals surface area contributed by atoms with E-state index in [9.17, 15) is 4.79 Å². The number of benzene rings is 1. The number of hydrogen-bond donors (Lipinski definition) is 1. The molecule has 0 unspecified atom stereocenters. The molecule has 2 aromatic rings. The fourth-order valence-corrected chi connectivity index (χ4v) is 3.01. The molecule has 1 aliphatic heterocycles. The molecule has 2 heterocycles. The molecule has 0 aliphatic carbocycles. The lowest BCUT2D eigenvalue weighted by atomic mass is 10.0. The molecule has 1 fully saturated rings. The molecule has 0 spiro atoms. The van der Waals surface area contributed by atoms with Gasteiger partial charge in [-0.1, -0.05) is 17.3 Å². The number of nitrogens with zero attached hydrogens (tertiary/aromatic N) is 3. The van der Waals surface area contributed by atoms with Crippen LogP contribution in [0, 0.1) is 17.2 Å². The quantitative estimate of drug-likeness (QED) is 0.492. The molecule has 162 valence electrons. The van der Waals surface area contributed by atoms with Gasteiger partial charge in [0.05, 0.1) is 17.3 Å². The first kappa shape index (κ1) is 22.2. The van der Waals surface area contributed by atoms with Crippen molar-refractivity contribution in [2.45, 2.75) is 26.4 Å². The average molecular weight is 422 g/mol. The molecule has 1 aliphatic rings. The number of nitriles is 1. The van der Waals surface area contributed by atoms with Gasteiger partial charge in [0.1, 0.15) is 6.61 Å². The summed E-state index contributed by atoms with van der Waals surface area (Å²) in [5.74, 6) is 0.680. The van der Waals surface area contributed by atoms with Crippen LogP contribution in [-0.4, -0.2) is 43.0 Å². The predicted octanol–water partition coefficient (Wildman–Crippen LogP) is 2.82. The first-order valence-electron chi connectivity index (χ1n) is 10.2. The minimum atomic E-state index is -0.161. The van der Waals surface area contributed by atoms with Crippen LogP contribution in [0.3, 0.4) is 0 Å². The molecule has 8 heteroatoms. The van der Waals surface area contributed by atoms with Gasteiger partial charge in [-0.25, -0.2) is 4.98 Å². The number of oxime groups is 1. The largest absolute Gasteiger partial charge is 0.468 e. The first-order chi connectivity index (χ1) is 15.1. The van der Waals surface area contributed by atoms with Crippen LogP contribution >= 0.6 is 0 Å². The Hall–Kier alpha value is -3.44. The number of amides is 1. The van der Waals surface area contributed by atoms with E-state index in [2.05, 4.69) is 21.5 Å². The predicted molar refractivity (Wildman–Crippen MR) is 114 cm³/mol. The highest BCUT2D eigenvalue weighted by atomic mass is 16.6. The van der Waals surface area contributed by atoms with E-state index in [1.54, 1.807) is 24.4 Å². The van der Waals surface area contributed by atoms with Crippen LogP contribution in [0.4, 0.5) is 0 Å².